The minimum atomic E-state index is -0.910. The number of hydrazone groups is 1. The van der Waals surface area contributed by atoms with Crippen LogP contribution in [0.1, 0.15) is 43.0 Å². The first-order chi connectivity index (χ1) is 17.3. The molecule has 1 aliphatic carbocycles. The summed E-state index contributed by atoms with van der Waals surface area (Å²) in [5.74, 6) is -1.93. The Bertz CT molecular complexity index is 1760. The van der Waals surface area contributed by atoms with Gasteiger partial charge in [-0.15, -0.1) is 0 Å². The number of aromatic hydroxyl groups is 1. The molecule has 36 heavy (non-hydrogen) atoms. The van der Waals surface area contributed by atoms with E-state index in [4.69, 9.17) is 0 Å². The first kappa shape index (κ1) is 22.2. The molecule has 0 spiro atoms. The summed E-state index contributed by atoms with van der Waals surface area (Å²) >= 11 is 3.35. The summed E-state index contributed by atoms with van der Waals surface area (Å²) in [4.78, 5) is 53.7. The maximum atomic E-state index is 13.3. The Balaban J connectivity index is 1.46. The molecule has 1 aliphatic heterocycles. The van der Waals surface area contributed by atoms with Gasteiger partial charge in [-0.2, -0.15) is 10.1 Å². The molecule has 3 aromatic carbocycles. The van der Waals surface area contributed by atoms with E-state index >= 15 is 0 Å². The van der Waals surface area contributed by atoms with Crippen molar-refractivity contribution in [2.45, 2.75) is 19.8 Å². The summed E-state index contributed by atoms with van der Waals surface area (Å²) in [5, 5.41) is 17.1. The second-order valence-corrected chi connectivity index (χ2v) is 9.64. The Morgan fingerprint density at radius 3 is 2.19 bits per heavy atom. The summed E-state index contributed by atoms with van der Waals surface area (Å²) < 4.78 is 1.70. The number of hydrogen-bond donors (Lipinski definition) is 2. The minimum Gasteiger partial charge on any atom is -0.493 e. The van der Waals surface area contributed by atoms with E-state index in [9.17, 15) is 24.3 Å². The Morgan fingerprint density at radius 1 is 0.944 bits per heavy atom. The molecule has 10 heteroatoms. The van der Waals surface area contributed by atoms with E-state index in [1.165, 1.54) is 0 Å². The number of H-pyrrole nitrogens is 1. The highest BCUT2D eigenvalue weighted by Gasteiger charge is 2.35. The number of nitrogens with one attached hydrogen (secondary N) is 1. The molecule has 1 aromatic heterocycles. The van der Waals surface area contributed by atoms with Gasteiger partial charge in [-0.1, -0.05) is 28.1 Å². The molecule has 0 bridgehead atoms. The van der Waals surface area contributed by atoms with Crippen LogP contribution in [0.5, 0.6) is 5.88 Å². The molecule has 0 saturated carbocycles. The van der Waals surface area contributed by atoms with Crippen molar-refractivity contribution in [1.82, 2.24) is 14.6 Å². The number of aryl methyl sites for hydroxylation is 3. The van der Waals surface area contributed by atoms with E-state index in [-0.39, 0.29) is 5.56 Å². The van der Waals surface area contributed by atoms with Gasteiger partial charge < -0.3 is 5.11 Å². The number of halogens is 1. The average molecular weight is 545 g/mol. The van der Waals surface area contributed by atoms with E-state index in [0.717, 1.165) is 44.6 Å². The van der Waals surface area contributed by atoms with Crippen LogP contribution in [0.3, 0.4) is 0 Å². The second-order valence-electron chi connectivity index (χ2n) is 8.72. The number of nitrogens with zero attached hydrogens (tertiary/aromatic N) is 3. The number of carbonyl (C=O) groups is 2. The van der Waals surface area contributed by atoms with Crippen LogP contribution in [0.4, 0.5) is 0 Å². The molecular weight excluding hydrogens is 528 g/mol. The number of amides is 2. The van der Waals surface area contributed by atoms with Crippen LogP contribution in [-0.2, 0) is 12.8 Å². The third-order valence-electron chi connectivity index (χ3n) is 6.67. The van der Waals surface area contributed by atoms with Gasteiger partial charge in [0.25, 0.3) is 17.4 Å². The first-order valence-electron chi connectivity index (χ1n) is 11.1. The molecule has 2 N–H and O–H groups in total. The zero-order chi connectivity index (χ0) is 25.3. The number of aromatic amines is 1. The predicted molar refractivity (Wildman–Crippen MR) is 136 cm³/mol. The molecule has 0 atom stereocenters. The number of aromatic nitrogens is 2. The third-order valence-corrected chi connectivity index (χ3v) is 7.16. The molecule has 6 rings (SSSR count). The highest BCUT2D eigenvalue weighted by molar-refractivity contribution is 9.10. The van der Waals surface area contributed by atoms with Crippen LogP contribution in [0.25, 0.3) is 16.5 Å². The van der Waals surface area contributed by atoms with Crippen LogP contribution in [0.2, 0.25) is 0 Å². The van der Waals surface area contributed by atoms with Crippen molar-refractivity contribution >= 4 is 44.7 Å². The normalized spacial score (nSPS) is 14.4. The van der Waals surface area contributed by atoms with E-state index in [1.54, 1.807) is 37.3 Å². The fourth-order valence-electron chi connectivity index (χ4n) is 4.97. The van der Waals surface area contributed by atoms with Crippen molar-refractivity contribution in [1.29, 1.82) is 0 Å². The Morgan fingerprint density at radius 2 is 1.58 bits per heavy atom. The number of benzene rings is 3. The molecule has 0 fully saturated rings. The molecule has 0 saturated heterocycles. The van der Waals surface area contributed by atoms with Gasteiger partial charge >= 0.3 is 5.69 Å². The number of imide groups is 1. The zero-order valence-corrected chi connectivity index (χ0v) is 20.4. The standard InChI is InChI=1S/C26H17BrN4O5/c1-12-10-15(27)6-9-19(12)30-23(33)18(22(32)29-26(30)36)11-28-31-24(34)16-7-4-13-2-3-14-5-8-17(25(31)35)21(16)20(13)14/h4-11,33H,2-3H2,1H3,(H,29,32,36)/b28-11+. The summed E-state index contributed by atoms with van der Waals surface area (Å²) in [5.41, 5.74) is 1.76. The van der Waals surface area contributed by atoms with Crippen molar-refractivity contribution in [3.05, 3.63) is 101 Å². The summed E-state index contributed by atoms with van der Waals surface area (Å²) in [7, 11) is 0. The van der Waals surface area contributed by atoms with Gasteiger partial charge in [-0.25, -0.2) is 9.36 Å². The maximum Gasteiger partial charge on any atom is 0.335 e. The van der Waals surface area contributed by atoms with Gasteiger partial charge in [0, 0.05) is 9.86 Å². The monoisotopic (exact) mass is 544 g/mol. The van der Waals surface area contributed by atoms with Crippen LogP contribution >= 0.6 is 15.9 Å². The SMILES string of the molecule is Cc1cc(Br)ccc1-n1c(O)c(/C=N/N2C(=O)c3ccc4c5c(ccc(c35)C2=O)CC4)c(=O)[nH]c1=O. The van der Waals surface area contributed by atoms with E-state index < -0.39 is 28.9 Å². The summed E-state index contributed by atoms with van der Waals surface area (Å²) in [6.45, 7) is 1.74. The van der Waals surface area contributed by atoms with Crippen molar-refractivity contribution in [3.8, 4) is 11.6 Å². The van der Waals surface area contributed by atoms with E-state index in [2.05, 4.69) is 26.0 Å². The fourth-order valence-corrected chi connectivity index (χ4v) is 5.45. The van der Waals surface area contributed by atoms with Crippen LogP contribution in [0.15, 0.2) is 61.6 Å². The van der Waals surface area contributed by atoms with Gasteiger partial charge in [-0.3, -0.25) is 19.4 Å². The van der Waals surface area contributed by atoms with Crippen molar-refractivity contribution in [2.24, 2.45) is 5.10 Å². The Hall–Kier alpha value is -4.31. The highest BCUT2D eigenvalue weighted by Crippen LogP contribution is 2.38. The van der Waals surface area contributed by atoms with Crippen LogP contribution < -0.4 is 11.2 Å². The van der Waals surface area contributed by atoms with Gasteiger partial charge in [0.15, 0.2) is 0 Å². The smallest absolute Gasteiger partial charge is 0.335 e. The summed E-state index contributed by atoms with van der Waals surface area (Å²) in [6, 6.07) is 12.2. The number of carbonyl (C=O) groups excluding carboxylic acids is 2. The lowest BCUT2D eigenvalue weighted by Gasteiger charge is -2.23. The van der Waals surface area contributed by atoms with Crippen LogP contribution in [0, 0.1) is 6.92 Å². The molecule has 0 radical (unpaired) electrons. The topological polar surface area (TPSA) is 125 Å². The average Bonchev–Trinajstić information content (AvgIpc) is 3.26. The maximum absolute atomic E-state index is 13.3. The quantitative estimate of drug-likeness (QED) is 0.302. The Labute approximate surface area is 211 Å². The summed E-state index contributed by atoms with van der Waals surface area (Å²) in [6.07, 6.45) is 2.63. The third kappa shape index (κ3) is 3.11. The van der Waals surface area contributed by atoms with E-state index in [0.29, 0.717) is 32.8 Å². The Kier molecular flexibility index (Phi) is 4.84. The first-order valence-corrected chi connectivity index (χ1v) is 11.9. The molecular formula is C26H17BrN4O5. The van der Waals surface area contributed by atoms with Gasteiger partial charge in [0.1, 0.15) is 5.56 Å². The fraction of sp³-hybridized carbons (Fsp3) is 0.115. The van der Waals surface area contributed by atoms with Crippen molar-refractivity contribution < 1.29 is 14.7 Å². The molecule has 2 amide bonds. The van der Waals surface area contributed by atoms with Crippen molar-refractivity contribution in [3.63, 3.8) is 0 Å². The second kappa shape index (κ2) is 7.85. The molecule has 2 heterocycles. The van der Waals surface area contributed by atoms with Gasteiger partial charge in [0.2, 0.25) is 5.88 Å². The molecule has 2 aliphatic rings. The lowest BCUT2D eigenvalue weighted by molar-refractivity contribution is 0.0616. The van der Waals surface area contributed by atoms with Gasteiger partial charge in [0.05, 0.1) is 23.0 Å². The largest absolute Gasteiger partial charge is 0.493 e. The molecule has 0 unspecified atom stereocenters. The lowest BCUT2D eigenvalue weighted by atomic mass is 9.92. The molecule has 4 aromatic rings. The molecule has 9 nitrogen and oxygen atoms in total. The molecule has 178 valence electrons. The zero-order valence-electron chi connectivity index (χ0n) is 18.8. The highest BCUT2D eigenvalue weighted by atomic mass is 79.9. The van der Waals surface area contributed by atoms with Crippen LogP contribution in [-0.4, -0.2) is 37.7 Å². The van der Waals surface area contributed by atoms with Crippen molar-refractivity contribution in [2.75, 3.05) is 0 Å². The minimum absolute atomic E-state index is 0.342. The number of rotatable bonds is 3. The van der Waals surface area contributed by atoms with E-state index in [1.807, 2.05) is 12.1 Å². The van der Waals surface area contributed by atoms with Gasteiger partial charge in [-0.05, 0) is 72.2 Å². The number of hydrogen-bond acceptors (Lipinski definition) is 6. The lowest BCUT2D eigenvalue weighted by Crippen LogP contribution is -2.37. The predicted octanol–water partition coefficient (Wildman–Crippen LogP) is 3.18.